The number of rotatable bonds is 5. The van der Waals surface area contributed by atoms with E-state index < -0.39 is 17.0 Å². The van der Waals surface area contributed by atoms with E-state index in [1.54, 1.807) is 0 Å². The molecule has 2 heterocycles. The maximum atomic E-state index is 13.5. The minimum absolute atomic E-state index is 0.0976. The van der Waals surface area contributed by atoms with Crippen molar-refractivity contribution >= 4 is 17.3 Å². The smallest absolute Gasteiger partial charge is 0.269 e. The number of fused-ring (bicyclic) bond motifs is 4. The number of nitrogens with zero attached hydrogens (tertiary/aromatic N) is 2. The van der Waals surface area contributed by atoms with Crippen molar-refractivity contribution in [2.45, 2.75) is 83.6 Å². The van der Waals surface area contributed by atoms with E-state index in [1.807, 2.05) is 48.5 Å². The zero-order valence-electron chi connectivity index (χ0n) is 27.8. The van der Waals surface area contributed by atoms with Gasteiger partial charge in [0.25, 0.3) is 5.95 Å². The molecule has 0 amide bonds. The van der Waals surface area contributed by atoms with Gasteiger partial charge in [0, 0.05) is 18.1 Å². The first-order valence-electron chi connectivity index (χ1n) is 16.6. The monoisotopic (exact) mass is 637 g/mol. The number of hydrogen-bond donors (Lipinski definition) is 2. The fourth-order valence-corrected chi connectivity index (χ4v) is 8.53. The Bertz CT molecular complexity index is 1630. The van der Waals surface area contributed by atoms with Crippen LogP contribution >= 0.6 is 0 Å². The molecular formula is C39H47N3O3S. The summed E-state index contributed by atoms with van der Waals surface area (Å²) >= 11 is -1.54. The second-order valence-corrected chi connectivity index (χ2v) is 16.0. The molecule has 1 aromatic heterocycles. The Morgan fingerprint density at radius 3 is 2.39 bits per heavy atom. The Kier molecular flexibility index (Phi) is 9.47. The van der Waals surface area contributed by atoms with Gasteiger partial charge in [0.1, 0.15) is 11.4 Å². The number of aryl methyl sites for hydroxylation is 3. The number of aromatic nitrogens is 2. The number of benzene rings is 3. The highest BCUT2D eigenvalue weighted by Crippen LogP contribution is 2.49. The van der Waals surface area contributed by atoms with Gasteiger partial charge in [0.05, 0.1) is 17.9 Å². The van der Waals surface area contributed by atoms with E-state index in [9.17, 15) is 9.66 Å². The molecule has 3 atom stereocenters. The molecule has 7 heteroatoms. The highest BCUT2D eigenvalue weighted by Gasteiger charge is 2.48. The Labute approximate surface area is 277 Å². The molecule has 4 bridgehead atoms. The summed E-state index contributed by atoms with van der Waals surface area (Å²) in [6, 6.07) is 26.5. The van der Waals surface area contributed by atoms with Gasteiger partial charge in [-0.3, -0.25) is 0 Å². The van der Waals surface area contributed by atoms with E-state index in [0.29, 0.717) is 35.6 Å². The Morgan fingerprint density at radius 1 is 0.957 bits per heavy atom. The van der Waals surface area contributed by atoms with Gasteiger partial charge in [-0.05, 0) is 104 Å². The summed E-state index contributed by atoms with van der Waals surface area (Å²) in [6.07, 6.45) is 5.11. The summed E-state index contributed by atoms with van der Waals surface area (Å²) in [5.74, 6) is 1.77. The molecule has 2 N–H and O–H groups in total. The third-order valence-corrected chi connectivity index (χ3v) is 10.7. The van der Waals surface area contributed by atoms with Crippen LogP contribution in [0.1, 0.15) is 68.7 Å². The summed E-state index contributed by atoms with van der Waals surface area (Å²) in [5, 5.41) is 11.6. The predicted octanol–water partition coefficient (Wildman–Crippen LogP) is 8.27. The lowest BCUT2D eigenvalue weighted by Crippen LogP contribution is -2.50. The van der Waals surface area contributed by atoms with Gasteiger partial charge < -0.3 is 14.4 Å². The molecule has 6 rings (SSSR count). The van der Waals surface area contributed by atoms with Crippen LogP contribution in [0.25, 0.3) is 11.3 Å². The molecule has 242 valence electrons. The molecule has 1 aliphatic carbocycles. The first kappa shape index (κ1) is 32.5. The SMILES string of the molecule is Cc1cccc(C)c1-c1cc2nc(n1)N[S+]([O-])c1cccc(c1)CCC([C@H]1C[C@@](O)(Cc3ccccc3)C1)[C@H](CC(C)(C)C)CO2. The first-order chi connectivity index (χ1) is 21.9. The quantitative estimate of drug-likeness (QED) is 0.214. The van der Waals surface area contributed by atoms with Crippen LogP contribution in [0.3, 0.4) is 0 Å². The zero-order valence-corrected chi connectivity index (χ0v) is 28.6. The fraction of sp³-hybridized carbons (Fsp3) is 0.436. The molecule has 0 radical (unpaired) electrons. The van der Waals surface area contributed by atoms with Gasteiger partial charge in [-0.2, -0.15) is 9.71 Å². The number of aliphatic hydroxyl groups is 1. The van der Waals surface area contributed by atoms with Crippen LogP contribution in [0.15, 0.2) is 83.8 Å². The second-order valence-electron chi connectivity index (χ2n) is 14.8. The van der Waals surface area contributed by atoms with Crippen molar-refractivity contribution in [2.24, 2.45) is 23.2 Å². The maximum absolute atomic E-state index is 13.5. The van der Waals surface area contributed by atoms with E-state index >= 15 is 0 Å². The standard InChI is InChI=1S/C39H47N3O3S/c1-26-11-9-12-27(2)36(26)34-20-35-41-37(40-34)42-46(44)32-16-10-15-28(19-32)17-18-33(31(25-45-35)22-38(3,4)5)30-23-39(43,24-30)21-29-13-7-6-8-14-29/h6-16,19-20,30-31,33,43H,17-18,21-25H2,1-5H3,(H,40,41,42)/t30-,31-,33?,39-,46?/m1/s1. The highest BCUT2D eigenvalue weighted by molar-refractivity contribution is 7.92. The van der Waals surface area contributed by atoms with E-state index in [4.69, 9.17) is 14.7 Å². The molecule has 2 unspecified atom stereocenters. The molecule has 3 aromatic carbocycles. The Balaban J connectivity index is 1.36. The van der Waals surface area contributed by atoms with Gasteiger partial charge in [-0.25, -0.2) is 4.98 Å². The fourth-order valence-electron chi connectivity index (χ4n) is 7.69. The highest BCUT2D eigenvalue weighted by atomic mass is 32.2. The van der Waals surface area contributed by atoms with Crippen molar-refractivity contribution in [3.05, 3.63) is 101 Å². The lowest BCUT2D eigenvalue weighted by molar-refractivity contribution is -0.104. The van der Waals surface area contributed by atoms with Crippen molar-refractivity contribution in [1.82, 2.24) is 9.97 Å². The van der Waals surface area contributed by atoms with Gasteiger partial charge >= 0.3 is 0 Å². The van der Waals surface area contributed by atoms with E-state index in [2.05, 4.69) is 69.7 Å². The van der Waals surface area contributed by atoms with Gasteiger partial charge in [-0.15, -0.1) is 0 Å². The summed E-state index contributed by atoms with van der Waals surface area (Å²) in [5.41, 5.74) is 5.76. The molecule has 0 saturated heterocycles. The molecular weight excluding hydrogens is 591 g/mol. The molecule has 4 aromatic rings. The van der Waals surface area contributed by atoms with Crippen LogP contribution in [-0.4, -0.2) is 31.8 Å². The number of nitrogens with one attached hydrogen (secondary N) is 1. The van der Waals surface area contributed by atoms with Gasteiger partial charge in [0.15, 0.2) is 4.90 Å². The van der Waals surface area contributed by atoms with Crippen molar-refractivity contribution in [3.63, 3.8) is 0 Å². The minimum atomic E-state index is -1.54. The summed E-state index contributed by atoms with van der Waals surface area (Å²) in [6.45, 7) is 11.6. The van der Waals surface area contributed by atoms with Crippen LogP contribution in [0.4, 0.5) is 5.95 Å². The van der Waals surface area contributed by atoms with Crippen molar-refractivity contribution < 1.29 is 14.4 Å². The van der Waals surface area contributed by atoms with Crippen molar-refractivity contribution in [3.8, 4) is 17.1 Å². The summed E-state index contributed by atoms with van der Waals surface area (Å²) in [4.78, 5) is 10.2. The van der Waals surface area contributed by atoms with E-state index in [-0.39, 0.29) is 17.3 Å². The molecule has 1 fully saturated rings. The van der Waals surface area contributed by atoms with Crippen molar-refractivity contribution in [2.75, 3.05) is 11.3 Å². The second kappa shape index (κ2) is 13.4. The molecule has 2 aliphatic rings. The molecule has 1 aliphatic heterocycles. The van der Waals surface area contributed by atoms with Gasteiger partial charge in [-0.1, -0.05) is 81.4 Å². The van der Waals surface area contributed by atoms with Crippen LogP contribution in [0.5, 0.6) is 5.88 Å². The molecule has 46 heavy (non-hydrogen) atoms. The molecule has 1 saturated carbocycles. The van der Waals surface area contributed by atoms with Crippen LogP contribution in [0.2, 0.25) is 0 Å². The Hall–Kier alpha value is -3.39. The zero-order chi connectivity index (χ0) is 32.5. The lowest BCUT2D eigenvalue weighted by Gasteiger charge is -2.50. The largest absolute Gasteiger partial charge is 0.588 e. The summed E-state index contributed by atoms with van der Waals surface area (Å²) in [7, 11) is 0. The topological polar surface area (TPSA) is 90.3 Å². The Morgan fingerprint density at radius 2 is 1.67 bits per heavy atom. The average Bonchev–Trinajstić information content (AvgIpc) is 2.98. The van der Waals surface area contributed by atoms with Crippen LogP contribution in [-0.2, 0) is 24.2 Å². The third kappa shape index (κ3) is 7.76. The van der Waals surface area contributed by atoms with Crippen LogP contribution in [0, 0.1) is 37.0 Å². The predicted molar refractivity (Wildman–Crippen MR) is 186 cm³/mol. The van der Waals surface area contributed by atoms with E-state index in [1.165, 1.54) is 5.56 Å². The number of hydrogen-bond acceptors (Lipinski definition) is 6. The third-order valence-electron chi connectivity index (χ3n) is 9.69. The first-order valence-corrected chi connectivity index (χ1v) is 17.7. The van der Waals surface area contributed by atoms with E-state index in [0.717, 1.165) is 60.1 Å². The van der Waals surface area contributed by atoms with Crippen LogP contribution < -0.4 is 9.46 Å². The minimum Gasteiger partial charge on any atom is -0.588 e. The molecule has 0 spiro atoms. The number of anilines is 1. The average molecular weight is 638 g/mol. The molecule has 6 nitrogen and oxygen atoms in total. The normalized spacial score (nSPS) is 25.0. The summed E-state index contributed by atoms with van der Waals surface area (Å²) < 4.78 is 23.2. The lowest BCUT2D eigenvalue weighted by atomic mass is 9.58. The maximum Gasteiger partial charge on any atom is 0.269 e. The van der Waals surface area contributed by atoms with Gasteiger partial charge in [0.2, 0.25) is 5.88 Å². The van der Waals surface area contributed by atoms with Crippen molar-refractivity contribution in [1.29, 1.82) is 0 Å². The number of ether oxygens (including phenoxy) is 1.